The molecule has 1 saturated heterocycles. The second-order valence-electron chi connectivity index (χ2n) is 6.82. The SMILES string of the molecule is CC(=O)N1C(C(=O)NCCc2ccc(Cl)cc2Cl)CSC1c1ccc(C)cc1. The van der Waals surface area contributed by atoms with E-state index in [9.17, 15) is 9.59 Å². The first-order valence-corrected chi connectivity index (χ1v) is 10.9. The second kappa shape index (κ2) is 9.21. The van der Waals surface area contributed by atoms with E-state index in [4.69, 9.17) is 23.2 Å². The Bertz CT molecular complexity index is 873. The Morgan fingerprint density at radius 2 is 1.89 bits per heavy atom. The van der Waals surface area contributed by atoms with E-state index in [0.29, 0.717) is 28.8 Å². The van der Waals surface area contributed by atoms with Crippen LogP contribution in [0.4, 0.5) is 0 Å². The molecule has 0 radical (unpaired) electrons. The van der Waals surface area contributed by atoms with E-state index >= 15 is 0 Å². The Morgan fingerprint density at radius 3 is 2.54 bits per heavy atom. The predicted molar refractivity (Wildman–Crippen MR) is 116 cm³/mol. The molecule has 1 aliphatic heterocycles. The van der Waals surface area contributed by atoms with Gasteiger partial charge in [-0.05, 0) is 36.6 Å². The van der Waals surface area contributed by atoms with Gasteiger partial charge < -0.3 is 10.2 Å². The fourth-order valence-electron chi connectivity index (χ4n) is 3.24. The van der Waals surface area contributed by atoms with Crippen LogP contribution in [0.1, 0.15) is 29.0 Å². The third-order valence-electron chi connectivity index (χ3n) is 4.74. The number of rotatable bonds is 5. The highest BCUT2D eigenvalue weighted by atomic mass is 35.5. The van der Waals surface area contributed by atoms with Gasteiger partial charge >= 0.3 is 0 Å². The van der Waals surface area contributed by atoms with E-state index in [-0.39, 0.29) is 17.2 Å². The smallest absolute Gasteiger partial charge is 0.243 e. The Hall–Kier alpha value is -1.69. The molecule has 28 heavy (non-hydrogen) atoms. The van der Waals surface area contributed by atoms with E-state index in [0.717, 1.165) is 16.7 Å². The summed E-state index contributed by atoms with van der Waals surface area (Å²) in [6.07, 6.45) is 0.600. The lowest BCUT2D eigenvalue weighted by Gasteiger charge is -2.28. The van der Waals surface area contributed by atoms with Crippen LogP contribution in [-0.2, 0) is 16.0 Å². The van der Waals surface area contributed by atoms with Crippen LogP contribution in [0.25, 0.3) is 0 Å². The average molecular weight is 437 g/mol. The van der Waals surface area contributed by atoms with Crippen molar-refractivity contribution < 1.29 is 9.59 Å². The van der Waals surface area contributed by atoms with Gasteiger partial charge in [0.25, 0.3) is 0 Å². The number of carbonyl (C=O) groups excluding carboxylic acids is 2. The van der Waals surface area contributed by atoms with Gasteiger partial charge in [-0.3, -0.25) is 9.59 Å². The highest BCUT2D eigenvalue weighted by molar-refractivity contribution is 7.99. The summed E-state index contributed by atoms with van der Waals surface area (Å²) in [4.78, 5) is 26.7. The number of benzene rings is 2. The molecule has 1 heterocycles. The van der Waals surface area contributed by atoms with Crippen molar-refractivity contribution in [3.05, 3.63) is 69.2 Å². The molecule has 1 fully saturated rings. The van der Waals surface area contributed by atoms with Crippen molar-refractivity contribution in [1.29, 1.82) is 0 Å². The molecule has 0 spiro atoms. The first kappa shape index (κ1) is 21.0. The van der Waals surface area contributed by atoms with Crippen LogP contribution in [0.2, 0.25) is 10.0 Å². The highest BCUT2D eigenvalue weighted by Crippen LogP contribution is 2.41. The average Bonchev–Trinajstić information content (AvgIpc) is 3.09. The number of aryl methyl sites for hydroxylation is 1. The lowest BCUT2D eigenvalue weighted by Crippen LogP contribution is -2.47. The van der Waals surface area contributed by atoms with Gasteiger partial charge in [0, 0.05) is 29.3 Å². The molecule has 1 aliphatic rings. The molecule has 0 bridgehead atoms. The van der Waals surface area contributed by atoms with Crippen LogP contribution in [0.3, 0.4) is 0 Å². The zero-order valence-corrected chi connectivity index (χ0v) is 18.1. The van der Waals surface area contributed by atoms with E-state index < -0.39 is 6.04 Å². The number of hydrogen-bond donors (Lipinski definition) is 1. The topological polar surface area (TPSA) is 49.4 Å². The summed E-state index contributed by atoms with van der Waals surface area (Å²) in [5.41, 5.74) is 3.12. The number of amides is 2. The molecular formula is C21H22Cl2N2O2S. The van der Waals surface area contributed by atoms with Gasteiger partial charge in [0.05, 0.1) is 0 Å². The van der Waals surface area contributed by atoms with Gasteiger partial charge in [0.15, 0.2) is 0 Å². The standard InChI is InChI=1S/C21H22Cl2N2O2S/c1-13-3-5-16(6-4-13)21-25(14(2)26)19(12-28-21)20(27)24-10-9-15-7-8-17(22)11-18(15)23/h3-8,11,19,21H,9-10,12H2,1-2H3,(H,24,27). The normalized spacial score (nSPS) is 18.9. The van der Waals surface area contributed by atoms with Crippen LogP contribution >= 0.6 is 35.0 Å². The van der Waals surface area contributed by atoms with Crippen LogP contribution in [0.5, 0.6) is 0 Å². The molecule has 2 amide bonds. The first-order chi connectivity index (χ1) is 13.4. The Balaban J connectivity index is 1.64. The minimum absolute atomic E-state index is 0.100. The van der Waals surface area contributed by atoms with Crippen molar-refractivity contribution >= 4 is 46.8 Å². The molecule has 1 N–H and O–H groups in total. The Labute approximate surface area is 179 Å². The van der Waals surface area contributed by atoms with Crippen molar-refractivity contribution in [2.24, 2.45) is 0 Å². The zero-order valence-electron chi connectivity index (χ0n) is 15.7. The van der Waals surface area contributed by atoms with Gasteiger partial charge in [-0.15, -0.1) is 11.8 Å². The summed E-state index contributed by atoms with van der Waals surface area (Å²) in [6.45, 7) is 3.99. The molecule has 2 aromatic rings. The monoisotopic (exact) mass is 436 g/mol. The predicted octanol–water partition coefficient (Wildman–Crippen LogP) is 4.62. The maximum atomic E-state index is 12.7. The zero-order chi connectivity index (χ0) is 20.3. The quantitative estimate of drug-likeness (QED) is 0.743. The maximum Gasteiger partial charge on any atom is 0.243 e. The molecule has 0 aliphatic carbocycles. The van der Waals surface area contributed by atoms with Crippen LogP contribution in [-0.4, -0.2) is 35.1 Å². The molecule has 0 aromatic heterocycles. The molecule has 2 aromatic carbocycles. The van der Waals surface area contributed by atoms with Crippen molar-refractivity contribution in [2.45, 2.75) is 31.7 Å². The third-order valence-corrected chi connectivity index (χ3v) is 6.65. The molecule has 148 valence electrons. The number of carbonyl (C=O) groups is 2. The summed E-state index contributed by atoms with van der Waals surface area (Å²) in [5, 5.41) is 3.97. The van der Waals surface area contributed by atoms with E-state index in [1.807, 2.05) is 37.3 Å². The van der Waals surface area contributed by atoms with Crippen LogP contribution < -0.4 is 5.32 Å². The molecule has 7 heteroatoms. The van der Waals surface area contributed by atoms with Crippen LogP contribution in [0.15, 0.2) is 42.5 Å². The van der Waals surface area contributed by atoms with Crippen molar-refractivity contribution in [1.82, 2.24) is 10.2 Å². The summed E-state index contributed by atoms with van der Waals surface area (Å²) in [7, 11) is 0. The van der Waals surface area contributed by atoms with Gasteiger partial charge in [0.2, 0.25) is 11.8 Å². The van der Waals surface area contributed by atoms with Crippen molar-refractivity contribution in [3.8, 4) is 0 Å². The fraction of sp³-hybridized carbons (Fsp3) is 0.333. The van der Waals surface area contributed by atoms with E-state index in [1.165, 1.54) is 6.92 Å². The van der Waals surface area contributed by atoms with Gasteiger partial charge in [-0.1, -0.05) is 59.1 Å². The molecular weight excluding hydrogens is 415 g/mol. The van der Waals surface area contributed by atoms with Crippen LogP contribution in [0, 0.1) is 6.92 Å². The lowest BCUT2D eigenvalue weighted by atomic mass is 10.1. The lowest BCUT2D eigenvalue weighted by molar-refractivity contribution is -0.138. The van der Waals surface area contributed by atoms with Gasteiger partial charge in [0.1, 0.15) is 11.4 Å². The number of hydrogen-bond acceptors (Lipinski definition) is 3. The Morgan fingerprint density at radius 1 is 1.18 bits per heavy atom. The molecule has 4 nitrogen and oxygen atoms in total. The van der Waals surface area contributed by atoms with Crippen molar-refractivity contribution in [2.75, 3.05) is 12.3 Å². The first-order valence-electron chi connectivity index (χ1n) is 9.05. The van der Waals surface area contributed by atoms with Gasteiger partial charge in [-0.25, -0.2) is 0 Å². The summed E-state index contributed by atoms with van der Waals surface area (Å²) in [5.74, 6) is 0.338. The number of nitrogens with zero attached hydrogens (tertiary/aromatic N) is 1. The Kier molecular flexibility index (Phi) is 6.91. The molecule has 2 unspecified atom stereocenters. The number of halogens is 2. The molecule has 2 atom stereocenters. The summed E-state index contributed by atoms with van der Waals surface area (Å²) < 4.78 is 0. The van der Waals surface area contributed by atoms with Gasteiger partial charge in [-0.2, -0.15) is 0 Å². The molecule has 0 saturated carbocycles. The molecule has 3 rings (SSSR count). The number of nitrogens with one attached hydrogen (secondary N) is 1. The summed E-state index contributed by atoms with van der Waals surface area (Å²) in [6, 6.07) is 12.9. The third kappa shape index (κ3) is 4.83. The fourth-order valence-corrected chi connectivity index (χ4v) is 5.23. The van der Waals surface area contributed by atoms with Crippen molar-refractivity contribution in [3.63, 3.8) is 0 Å². The second-order valence-corrected chi connectivity index (χ2v) is 8.77. The maximum absolute atomic E-state index is 12.7. The minimum atomic E-state index is -0.477. The highest BCUT2D eigenvalue weighted by Gasteiger charge is 2.40. The largest absolute Gasteiger partial charge is 0.354 e. The minimum Gasteiger partial charge on any atom is -0.354 e. The number of thioether (sulfide) groups is 1. The van der Waals surface area contributed by atoms with E-state index in [2.05, 4.69) is 5.32 Å². The van der Waals surface area contributed by atoms with E-state index in [1.54, 1.807) is 28.8 Å². The summed E-state index contributed by atoms with van der Waals surface area (Å²) >= 11 is 13.7.